The van der Waals surface area contributed by atoms with E-state index >= 15 is 0 Å². The van der Waals surface area contributed by atoms with Gasteiger partial charge in [0.1, 0.15) is 18.1 Å². The number of aryl methyl sites for hydroxylation is 1. The van der Waals surface area contributed by atoms with Crippen LogP contribution < -0.4 is 15.2 Å². The average Bonchev–Trinajstić information content (AvgIpc) is 2.52. The first-order valence-electron chi connectivity index (χ1n) is 6.78. The summed E-state index contributed by atoms with van der Waals surface area (Å²) in [5.41, 5.74) is 8.45. The van der Waals surface area contributed by atoms with Gasteiger partial charge in [-0.1, -0.05) is 24.0 Å². The van der Waals surface area contributed by atoms with Gasteiger partial charge in [-0.3, -0.25) is 0 Å². The molecule has 0 unspecified atom stereocenters. The standard InChI is InChI=1S/C18H19NO2/c1-14-11-15(6-4-10-19)8-9-18(14)21-13-16-5-3-7-17(12-16)20-2/h3,5,7-9,11-12H,10,13,19H2,1-2H3. The number of ether oxygens (including phenoxy) is 2. The maximum absolute atomic E-state index is 5.85. The minimum absolute atomic E-state index is 0.368. The summed E-state index contributed by atoms with van der Waals surface area (Å²) in [6.45, 7) is 2.88. The van der Waals surface area contributed by atoms with Crippen molar-refractivity contribution in [1.82, 2.24) is 0 Å². The minimum Gasteiger partial charge on any atom is -0.497 e. The van der Waals surface area contributed by atoms with Crippen molar-refractivity contribution in [1.29, 1.82) is 0 Å². The zero-order chi connectivity index (χ0) is 15.1. The van der Waals surface area contributed by atoms with Crippen molar-refractivity contribution in [2.45, 2.75) is 13.5 Å². The van der Waals surface area contributed by atoms with E-state index in [9.17, 15) is 0 Å². The quantitative estimate of drug-likeness (QED) is 0.876. The number of hydrogen-bond acceptors (Lipinski definition) is 3. The third kappa shape index (κ3) is 4.27. The van der Waals surface area contributed by atoms with Crippen LogP contribution >= 0.6 is 0 Å². The largest absolute Gasteiger partial charge is 0.497 e. The Labute approximate surface area is 125 Å². The lowest BCUT2D eigenvalue weighted by Crippen LogP contribution is -1.98. The predicted octanol–water partition coefficient (Wildman–Crippen LogP) is 2.89. The molecule has 0 atom stereocenters. The van der Waals surface area contributed by atoms with Gasteiger partial charge >= 0.3 is 0 Å². The molecule has 2 aromatic carbocycles. The molecule has 0 fully saturated rings. The molecule has 21 heavy (non-hydrogen) atoms. The maximum Gasteiger partial charge on any atom is 0.122 e. The Bertz CT molecular complexity index is 668. The Morgan fingerprint density at radius 1 is 1.14 bits per heavy atom. The van der Waals surface area contributed by atoms with E-state index in [4.69, 9.17) is 15.2 Å². The van der Waals surface area contributed by atoms with E-state index in [1.54, 1.807) is 7.11 Å². The van der Waals surface area contributed by atoms with Gasteiger partial charge in [0, 0.05) is 5.56 Å². The summed E-state index contributed by atoms with van der Waals surface area (Å²) in [6.07, 6.45) is 0. The Morgan fingerprint density at radius 3 is 2.71 bits per heavy atom. The summed E-state index contributed by atoms with van der Waals surface area (Å²) in [6, 6.07) is 13.7. The zero-order valence-electron chi connectivity index (χ0n) is 12.3. The summed E-state index contributed by atoms with van der Waals surface area (Å²) in [5.74, 6) is 7.55. The highest BCUT2D eigenvalue weighted by atomic mass is 16.5. The van der Waals surface area contributed by atoms with Gasteiger partial charge in [-0.25, -0.2) is 0 Å². The van der Waals surface area contributed by atoms with Crippen LogP contribution in [0.3, 0.4) is 0 Å². The highest BCUT2D eigenvalue weighted by molar-refractivity contribution is 5.43. The van der Waals surface area contributed by atoms with E-state index in [-0.39, 0.29) is 0 Å². The van der Waals surface area contributed by atoms with Crippen LogP contribution in [0.25, 0.3) is 0 Å². The Balaban J connectivity index is 2.06. The normalized spacial score (nSPS) is 9.67. The molecule has 3 nitrogen and oxygen atoms in total. The van der Waals surface area contributed by atoms with Crippen molar-refractivity contribution >= 4 is 0 Å². The van der Waals surface area contributed by atoms with Gasteiger partial charge in [0.15, 0.2) is 0 Å². The lowest BCUT2D eigenvalue weighted by Gasteiger charge is -2.10. The van der Waals surface area contributed by atoms with Crippen LogP contribution in [0.2, 0.25) is 0 Å². The van der Waals surface area contributed by atoms with Crippen molar-refractivity contribution in [3.63, 3.8) is 0 Å². The first-order valence-corrected chi connectivity index (χ1v) is 6.78. The van der Waals surface area contributed by atoms with Crippen molar-refractivity contribution in [3.05, 3.63) is 59.2 Å². The van der Waals surface area contributed by atoms with Gasteiger partial charge in [0.25, 0.3) is 0 Å². The van der Waals surface area contributed by atoms with Gasteiger partial charge in [0.05, 0.1) is 13.7 Å². The monoisotopic (exact) mass is 281 g/mol. The van der Waals surface area contributed by atoms with Crippen LogP contribution in [0.5, 0.6) is 11.5 Å². The van der Waals surface area contributed by atoms with Crippen LogP contribution in [0.1, 0.15) is 16.7 Å². The molecule has 2 N–H and O–H groups in total. The van der Waals surface area contributed by atoms with E-state index in [2.05, 4.69) is 11.8 Å². The second-order valence-electron chi connectivity index (χ2n) is 4.63. The van der Waals surface area contributed by atoms with Crippen LogP contribution in [0.15, 0.2) is 42.5 Å². The molecule has 0 aliphatic heterocycles. The Morgan fingerprint density at radius 2 is 2.00 bits per heavy atom. The Kier molecular flexibility index (Phi) is 5.25. The fourth-order valence-electron chi connectivity index (χ4n) is 1.97. The topological polar surface area (TPSA) is 44.5 Å². The molecule has 0 heterocycles. The van der Waals surface area contributed by atoms with Crippen molar-refractivity contribution in [2.24, 2.45) is 5.73 Å². The first kappa shape index (κ1) is 15.0. The number of benzene rings is 2. The fraction of sp³-hybridized carbons (Fsp3) is 0.222. The maximum atomic E-state index is 5.85. The molecular formula is C18H19NO2. The molecule has 0 spiro atoms. The molecule has 108 valence electrons. The lowest BCUT2D eigenvalue weighted by atomic mass is 10.1. The van der Waals surface area contributed by atoms with Crippen LogP contribution in [0, 0.1) is 18.8 Å². The van der Waals surface area contributed by atoms with Crippen LogP contribution in [-0.4, -0.2) is 13.7 Å². The SMILES string of the molecule is COc1cccc(COc2ccc(C#CCN)cc2C)c1. The lowest BCUT2D eigenvalue weighted by molar-refractivity contribution is 0.303. The van der Waals surface area contributed by atoms with E-state index in [0.29, 0.717) is 13.2 Å². The summed E-state index contributed by atoms with van der Waals surface area (Å²) in [5, 5.41) is 0. The van der Waals surface area contributed by atoms with Gasteiger partial charge in [0.2, 0.25) is 0 Å². The average molecular weight is 281 g/mol. The number of hydrogen-bond donors (Lipinski definition) is 1. The molecule has 0 amide bonds. The van der Waals surface area contributed by atoms with Crippen LogP contribution in [0.4, 0.5) is 0 Å². The minimum atomic E-state index is 0.368. The van der Waals surface area contributed by atoms with Crippen molar-refractivity contribution in [2.75, 3.05) is 13.7 Å². The molecule has 0 bridgehead atoms. The van der Waals surface area contributed by atoms with Gasteiger partial charge < -0.3 is 15.2 Å². The third-order valence-electron chi connectivity index (χ3n) is 3.04. The number of nitrogens with two attached hydrogens (primary N) is 1. The second kappa shape index (κ2) is 7.37. The van der Waals surface area contributed by atoms with E-state index in [1.165, 1.54) is 0 Å². The Hall–Kier alpha value is -2.44. The van der Waals surface area contributed by atoms with E-state index in [1.807, 2.05) is 49.4 Å². The molecule has 0 saturated carbocycles. The first-order chi connectivity index (χ1) is 10.2. The number of methoxy groups -OCH3 is 1. The third-order valence-corrected chi connectivity index (χ3v) is 3.04. The highest BCUT2D eigenvalue weighted by Crippen LogP contribution is 2.21. The smallest absolute Gasteiger partial charge is 0.122 e. The summed E-state index contributed by atoms with van der Waals surface area (Å²) in [7, 11) is 1.66. The number of rotatable bonds is 4. The molecule has 3 heteroatoms. The van der Waals surface area contributed by atoms with Gasteiger partial charge in [-0.15, -0.1) is 0 Å². The summed E-state index contributed by atoms with van der Waals surface area (Å²) in [4.78, 5) is 0. The van der Waals surface area contributed by atoms with E-state index < -0.39 is 0 Å². The molecule has 0 aromatic heterocycles. The summed E-state index contributed by atoms with van der Waals surface area (Å²) < 4.78 is 11.1. The summed E-state index contributed by atoms with van der Waals surface area (Å²) >= 11 is 0. The fourth-order valence-corrected chi connectivity index (χ4v) is 1.97. The molecule has 0 aliphatic rings. The van der Waals surface area contributed by atoms with Crippen molar-refractivity contribution < 1.29 is 9.47 Å². The zero-order valence-corrected chi connectivity index (χ0v) is 12.3. The van der Waals surface area contributed by atoms with Crippen molar-refractivity contribution in [3.8, 4) is 23.3 Å². The second-order valence-corrected chi connectivity index (χ2v) is 4.63. The molecule has 0 saturated heterocycles. The molecule has 2 rings (SSSR count). The van der Waals surface area contributed by atoms with Gasteiger partial charge in [-0.2, -0.15) is 0 Å². The van der Waals surface area contributed by atoms with Crippen LogP contribution in [-0.2, 0) is 6.61 Å². The molecular weight excluding hydrogens is 262 g/mol. The molecule has 2 aromatic rings. The molecule has 0 aliphatic carbocycles. The van der Waals surface area contributed by atoms with Gasteiger partial charge in [-0.05, 0) is 48.4 Å². The highest BCUT2D eigenvalue weighted by Gasteiger charge is 2.02. The van der Waals surface area contributed by atoms with E-state index in [0.717, 1.165) is 28.2 Å². The molecule has 0 radical (unpaired) electrons. The predicted molar refractivity (Wildman–Crippen MR) is 84.4 cm³/mol.